The summed E-state index contributed by atoms with van der Waals surface area (Å²) < 4.78 is 13.2. The number of rotatable bonds is 4. The number of piperidine rings is 1. The summed E-state index contributed by atoms with van der Waals surface area (Å²) in [5, 5.41) is 3.50. The zero-order chi connectivity index (χ0) is 14.5. The quantitative estimate of drug-likeness (QED) is 0.914. The molecular weight excluding hydrogens is 265 g/mol. The summed E-state index contributed by atoms with van der Waals surface area (Å²) in [5.74, 6) is 0.699. The monoisotopic (exact) mass is 291 g/mol. The molecule has 2 fully saturated rings. The predicted octanol–water partition coefficient (Wildman–Crippen LogP) is 1.94. The molecule has 0 bridgehead atoms. The van der Waals surface area contributed by atoms with Crippen LogP contribution in [-0.4, -0.2) is 55.6 Å². The molecular formula is C17H26FN3. The molecule has 0 radical (unpaired) electrons. The fourth-order valence-electron chi connectivity index (χ4n) is 3.47. The van der Waals surface area contributed by atoms with Crippen molar-refractivity contribution in [2.45, 2.75) is 19.4 Å². The molecule has 2 saturated heterocycles. The number of halogens is 1. The average molecular weight is 291 g/mol. The fourth-order valence-corrected chi connectivity index (χ4v) is 3.47. The van der Waals surface area contributed by atoms with Gasteiger partial charge in [-0.05, 0) is 49.5 Å². The lowest BCUT2D eigenvalue weighted by atomic mass is 9.99. The van der Waals surface area contributed by atoms with E-state index >= 15 is 0 Å². The molecule has 2 aliphatic heterocycles. The van der Waals surface area contributed by atoms with Gasteiger partial charge in [0.15, 0.2) is 0 Å². The second-order valence-corrected chi connectivity index (χ2v) is 6.42. The lowest BCUT2D eigenvalue weighted by molar-refractivity contribution is 0.108. The molecule has 0 aromatic heterocycles. The summed E-state index contributed by atoms with van der Waals surface area (Å²) in [7, 11) is 0. The number of hydrogen-bond donors (Lipinski definition) is 1. The van der Waals surface area contributed by atoms with Crippen molar-refractivity contribution in [2.75, 3.05) is 45.8 Å². The maximum Gasteiger partial charge on any atom is 0.123 e. The molecule has 2 aliphatic rings. The summed E-state index contributed by atoms with van der Waals surface area (Å²) in [5.41, 5.74) is 1.08. The van der Waals surface area contributed by atoms with Gasteiger partial charge in [-0.15, -0.1) is 0 Å². The van der Waals surface area contributed by atoms with Crippen molar-refractivity contribution in [3.8, 4) is 0 Å². The van der Waals surface area contributed by atoms with Crippen LogP contribution >= 0.6 is 0 Å². The topological polar surface area (TPSA) is 18.5 Å². The van der Waals surface area contributed by atoms with Crippen LogP contribution in [-0.2, 0) is 6.54 Å². The van der Waals surface area contributed by atoms with Gasteiger partial charge >= 0.3 is 0 Å². The molecule has 0 aliphatic carbocycles. The number of nitrogens with zero attached hydrogens (tertiary/aromatic N) is 2. The number of nitrogens with one attached hydrogen (secondary N) is 1. The van der Waals surface area contributed by atoms with Gasteiger partial charge in [-0.2, -0.15) is 0 Å². The highest BCUT2D eigenvalue weighted by Crippen LogP contribution is 2.14. The Morgan fingerprint density at radius 3 is 2.67 bits per heavy atom. The highest BCUT2D eigenvalue weighted by atomic mass is 19.1. The molecule has 1 N–H and O–H groups in total. The van der Waals surface area contributed by atoms with Crippen LogP contribution in [0, 0.1) is 11.7 Å². The first kappa shape index (κ1) is 14.9. The first-order valence-electron chi connectivity index (χ1n) is 8.19. The molecule has 21 heavy (non-hydrogen) atoms. The Morgan fingerprint density at radius 1 is 1.14 bits per heavy atom. The van der Waals surface area contributed by atoms with Crippen LogP contribution < -0.4 is 5.32 Å². The lowest BCUT2D eigenvalue weighted by Crippen LogP contribution is -2.48. The Hall–Kier alpha value is -0.970. The smallest absolute Gasteiger partial charge is 0.123 e. The van der Waals surface area contributed by atoms with E-state index in [2.05, 4.69) is 15.1 Å². The van der Waals surface area contributed by atoms with Crippen molar-refractivity contribution in [1.82, 2.24) is 15.1 Å². The number of benzene rings is 1. The van der Waals surface area contributed by atoms with Crippen LogP contribution in [0.2, 0.25) is 0 Å². The van der Waals surface area contributed by atoms with Gasteiger partial charge in [0.05, 0.1) is 0 Å². The molecule has 3 rings (SSSR count). The molecule has 1 aromatic carbocycles. The lowest BCUT2D eigenvalue weighted by Gasteiger charge is -2.37. The van der Waals surface area contributed by atoms with Crippen LogP contribution in [0.5, 0.6) is 0 Å². The highest BCUT2D eigenvalue weighted by molar-refractivity contribution is 5.16. The Kier molecular flexibility index (Phi) is 5.22. The molecule has 2 heterocycles. The van der Waals surface area contributed by atoms with Crippen LogP contribution in [0.25, 0.3) is 0 Å². The Morgan fingerprint density at radius 2 is 1.95 bits per heavy atom. The maximum atomic E-state index is 13.2. The highest BCUT2D eigenvalue weighted by Gasteiger charge is 2.21. The normalized spacial score (nSPS) is 25.1. The minimum absolute atomic E-state index is 0.129. The molecule has 116 valence electrons. The maximum absolute atomic E-state index is 13.2. The van der Waals surface area contributed by atoms with Crippen molar-refractivity contribution in [3.63, 3.8) is 0 Å². The minimum Gasteiger partial charge on any atom is -0.316 e. The van der Waals surface area contributed by atoms with E-state index in [-0.39, 0.29) is 5.82 Å². The van der Waals surface area contributed by atoms with E-state index in [9.17, 15) is 4.39 Å². The van der Waals surface area contributed by atoms with Gasteiger partial charge in [0.1, 0.15) is 5.82 Å². The van der Waals surface area contributed by atoms with Crippen molar-refractivity contribution in [3.05, 3.63) is 35.6 Å². The van der Waals surface area contributed by atoms with E-state index in [1.807, 2.05) is 6.07 Å². The van der Waals surface area contributed by atoms with E-state index in [0.29, 0.717) is 0 Å². The second kappa shape index (κ2) is 7.34. The molecule has 0 saturated carbocycles. The van der Waals surface area contributed by atoms with Crippen molar-refractivity contribution < 1.29 is 4.39 Å². The second-order valence-electron chi connectivity index (χ2n) is 6.42. The van der Waals surface area contributed by atoms with E-state index in [0.717, 1.165) is 44.2 Å². The van der Waals surface area contributed by atoms with E-state index in [4.69, 9.17) is 0 Å². The van der Waals surface area contributed by atoms with Gasteiger partial charge in [-0.25, -0.2) is 4.39 Å². The van der Waals surface area contributed by atoms with Crippen molar-refractivity contribution in [2.24, 2.45) is 5.92 Å². The van der Waals surface area contributed by atoms with E-state index < -0.39 is 0 Å². The van der Waals surface area contributed by atoms with E-state index in [1.54, 1.807) is 12.1 Å². The number of piperazine rings is 1. The molecule has 0 spiro atoms. The van der Waals surface area contributed by atoms with E-state index in [1.165, 1.54) is 38.5 Å². The first-order valence-corrected chi connectivity index (χ1v) is 8.19. The summed E-state index contributed by atoms with van der Waals surface area (Å²) >= 11 is 0. The third-order valence-corrected chi connectivity index (χ3v) is 4.68. The van der Waals surface area contributed by atoms with Crippen molar-refractivity contribution >= 4 is 0 Å². The summed E-state index contributed by atoms with van der Waals surface area (Å²) in [4.78, 5) is 5.03. The zero-order valence-corrected chi connectivity index (χ0v) is 12.7. The molecule has 3 nitrogen and oxygen atoms in total. The largest absolute Gasteiger partial charge is 0.316 e. The molecule has 0 unspecified atom stereocenters. The van der Waals surface area contributed by atoms with Gasteiger partial charge in [0, 0.05) is 39.3 Å². The van der Waals surface area contributed by atoms with Crippen molar-refractivity contribution in [1.29, 1.82) is 0 Å². The molecule has 1 atom stereocenters. The average Bonchev–Trinajstić information content (AvgIpc) is 2.50. The fraction of sp³-hybridized carbons (Fsp3) is 0.647. The molecule has 4 heteroatoms. The van der Waals surface area contributed by atoms with Gasteiger partial charge < -0.3 is 10.2 Å². The Labute approximate surface area is 127 Å². The minimum atomic E-state index is -0.129. The van der Waals surface area contributed by atoms with Gasteiger partial charge in [-0.1, -0.05) is 12.1 Å². The van der Waals surface area contributed by atoms with Gasteiger partial charge in [0.25, 0.3) is 0 Å². The summed E-state index contributed by atoms with van der Waals surface area (Å²) in [6.45, 7) is 8.96. The SMILES string of the molecule is Fc1cccc(CN2CCN(C[C@@H]3CCCNC3)CC2)c1. The Balaban J connectivity index is 1.42. The predicted molar refractivity (Wildman–Crippen MR) is 83.7 cm³/mol. The van der Waals surface area contributed by atoms with Gasteiger partial charge in [0.2, 0.25) is 0 Å². The van der Waals surface area contributed by atoms with Gasteiger partial charge in [-0.3, -0.25) is 4.90 Å². The van der Waals surface area contributed by atoms with Crippen LogP contribution in [0.1, 0.15) is 18.4 Å². The third-order valence-electron chi connectivity index (χ3n) is 4.68. The standard InChI is InChI=1S/C17H26FN3/c18-17-5-1-3-15(11-17)13-20-7-9-21(10-8-20)14-16-4-2-6-19-12-16/h1,3,5,11,16,19H,2,4,6-10,12-14H2/t16-/m1/s1. The summed E-state index contributed by atoms with van der Waals surface area (Å²) in [6.07, 6.45) is 2.70. The summed E-state index contributed by atoms with van der Waals surface area (Å²) in [6, 6.07) is 6.99. The van der Waals surface area contributed by atoms with Crippen LogP contribution in [0.4, 0.5) is 4.39 Å². The zero-order valence-electron chi connectivity index (χ0n) is 12.7. The first-order chi connectivity index (χ1) is 10.3. The van der Waals surface area contributed by atoms with Crippen LogP contribution in [0.3, 0.4) is 0 Å². The third kappa shape index (κ3) is 4.50. The molecule has 1 aromatic rings. The molecule has 0 amide bonds. The Bertz CT molecular complexity index is 437. The number of hydrogen-bond acceptors (Lipinski definition) is 3. The van der Waals surface area contributed by atoms with Crippen LogP contribution in [0.15, 0.2) is 24.3 Å².